The first-order chi connectivity index (χ1) is 29.7. The maximum absolute atomic E-state index is 13.3. The van der Waals surface area contributed by atoms with Crippen LogP contribution in [0.4, 0.5) is 0 Å². The summed E-state index contributed by atoms with van der Waals surface area (Å²) in [7, 11) is -0.751. The monoisotopic (exact) mass is 871 g/mol. The van der Waals surface area contributed by atoms with Gasteiger partial charge in [0.05, 0.1) is 0 Å². The second-order valence-electron chi connectivity index (χ2n) is 15.8. The van der Waals surface area contributed by atoms with Crippen molar-refractivity contribution in [2.45, 2.75) is 84.1 Å². The van der Waals surface area contributed by atoms with Gasteiger partial charge in [-0.3, -0.25) is 0 Å². The molecule has 1 aromatic heterocycles. The van der Waals surface area contributed by atoms with E-state index in [0.29, 0.717) is 22.8 Å². The van der Waals surface area contributed by atoms with Crippen LogP contribution in [0.15, 0.2) is 119 Å². The van der Waals surface area contributed by atoms with Crippen molar-refractivity contribution in [2.24, 2.45) is 0 Å². The Hall–Kier alpha value is -5.34. The van der Waals surface area contributed by atoms with E-state index in [4.69, 9.17) is 32.9 Å². The summed E-state index contributed by atoms with van der Waals surface area (Å²) in [6, 6.07) is 31.7. The van der Waals surface area contributed by atoms with Gasteiger partial charge in [0.1, 0.15) is 0 Å². The van der Waals surface area contributed by atoms with Gasteiger partial charge in [0.15, 0.2) is 0 Å². The number of carbonyl (C=O) groups excluding carboxylic acids is 1. The number of H-pyrrole nitrogens is 1. The van der Waals surface area contributed by atoms with Crippen LogP contribution < -0.4 is 30.2 Å². The van der Waals surface area contributed by atoms with Crippen LogP contribution in [0.2, 0.25) is 0 Å². The summed E-state index contributed by atoms with van der Waals surface area (Å²) < 4.78 is 47.0. The van der Waals surface area contributed by atoms with Gasteiger partial charge in [0.2, 0.25) is 0 Å². The quantitative estimate of drug-likeness (QED) is 0.0374. The third-order valence-electron chi connectivity index (χ3n) is 10.9. The van der Waals surface area contributed by atoms with Crippen LogP contribution in [0.3, 0.4) is 0 Å². The van der Waals surface area contributed by atoms with E-state index in [1.165, 1.54) is 17.7 Å². The molecule has 5 aromatic rings. The first-order valence-corrected chi connectivity index (χ1v) is 22.7. The Morgan fingerprint density at radius 3 is 1.95 bits per heavy atom. The average Bonchev–Trinajstić information content (AvgIpc) is 3.64. The Balaban J connectivity index is 1.42. The van der Waals surface area contributed by atoms with Gasteiger partial charge >= 0.3 is 364 Å². The molecule has 1 saturated heterocycles. The van der Waals surface area contributed by atoms with Crippen molar-refractivity contribution in [3.63, 3.8) is 0 Å². The SMILES string of the molecule is COc1ccc(C(OC[C@H]2O[C@@H](n3cc(C)c(=O)[nH]c3=O)C[C@@H]2O[PH](O)(CCOc2ccccc2OC(C)=O)N(C(C)C)C(C)C)(c2ccccc2)c2ccc(OC)cc2)cc1. The number of hydrogen-bond acceptors (Lipinski definition) is 12. The zero-order chi connectivity index (χ0) is 44.6. The predicted molar refractivity (Wildman–Crippen MR) is 238 cm³/mol. The Labute approximate surface area is 362 Å². The van der Waals surface area contributed by atoms with Crippen molar-refractivity contribution < 1.29 is 42.6 Å². The molecule has 1 aliphatic rings. The predicted octanol–water partition coefficient (Wildman–Crippen LogP) is 7.15. The van der Waals surface area contributed by atoms with E-state index in [2.05, 4.69) is 4.98 Å². The van der Waals surface area contributed by atoms with Gasteiger partial charge in [0, 0.05) is 0 Å². The maximum atomic E-state index is 13.3. The van der Waals surface area contributed by atoms with Crippen molar-refractivity contribution in [1.29, 1.82) is 0 Å². The van der Waals surface area contributed by atoms with Crippen LogP contribution in [-0.2, 0) is 24.4 Å². The number of ether oxygens (including phenoxy) is 6. The minimum absolute atomic E-state index is 0.0275. The van der Waals surface area contributed by atoms with E-state index in [-0.39, 0.29) is 43.6 Å². The van der Waals surface area contributed by atoms with Crippen molar-refractivity contribution in [3.8, 4) is 23.0 Å². The summed E-state index contributed by atoms with van der Waals surface area (Å²) >= 11 is 0. The molecule has 0 bridgehead atoms. The fourth-order valence-corrected chi connectivity index (χ4v) is 11.4. The molecule has 332 valence electrons. The summed E-state index contributed by atoms with van der Waals surface area (Å²) in [4.78, 5) is 53.0. The Bertz CT molecular complexity index is 2310. The molecule has 62 heavy (non-hydrogen) atoms. The number of methoxy groups -OCH3 is 2. The number of esters is 1. The van der Waals surface area contributed by atoms with Crippen molar-refractivity contribution >= 4 is 13.8 Å². The molecule has 1 fully saturated rings. The van der Waals surface area contributed by atoms with Gasteiger partial charge < -0.3 is 0 Å². The second-order valence-corrected chi connectivity index (χ2v) is 18.5. The minimum atomic E-state index is -3.97. The second kappa shape index (κ2) is 20.2. The summed E-state index contributed by atoms with van der Waals surface area (Å²) in [5.74, 6) is 1.46. The molecule has 0 unspecified atom stereocenters. The zero-order valence-corrected chi connectivity index (χ0v) is 37.5. The fourth-order valence-electron chi connectivity index (χ4n) is 8.22. The van der Waals surface area contributed by atoms with Crippen molar-refractivity contribution in [2.75, 3.05) is 33.6 Å². The zero-order valence-electron chi connectivity index (χ0n) is 36.5. The van der Waals surface area contributed by atoms with Gasteiger partial charge in [-0.1, -0.05) is 0 Å². The molecule has 4 aromatic carbocycles. The first kappa shape index (κ1) is 46.2. The topological polar surface area (TPSA) is 160 Å². The first-order valence-electron chi connectivity index (χ1n) is 20.7. The van der Waals surface area contributed by atoms with Gasteiger partial charge in [-0.15, -0.1) is 0 Å². The molecule has 14 nitrogen and oxygen atoms in total. The van der Waals surface area contributed by atoms with Gasteiger partial charge in [-0.2, -0.15) is 0 Å². The molecule has 2 N–H and O–H groups in total. The molecule has 0 amide bonds. The van der Waals surface area contributed by atoms with Gasteiger partial charge in [-0.05, 0) is 0 Å². The number of aromatic amines is 1. The van der Waals surface area contributed by atoms with Crippen LogP contribution in [0, 0.1) is 6.92 Å². The van der Waals surface area contributed by atoms with Crippen LogP contribution in [0.25, 0.3) is 0 Å². The van der Waals surface area contributed by atoms with E-state index in [0.717, 1.165) is 16.7 Å². The molecule has 0 aliphatic carbocycles. The molecule has 1 aliphatic heterocycles. The number of benzene rings is 4. The van der Waals surface area contributed by atoms with Gasteiger partial charge in [-0.25, -0.2) is 0 Å². The van der Waals surface area contributed by atoms with Gasteiger partial charge in [0.25, 0.3) is 0 Å². The number of rotatable bonds is 19. The molecule has 0 saturated carbocycles. The van der Waals surface area contributed by atoms with E-state index in [9.17, 15) is 19.3 Å². The summed E-state index contributed by atoms with van der Waals surface area (Å²) in [6.07, 6.45) is -0.842. The molecular weight excluding hydrogens is 814 g/mol. The van der Waals surface area contributed by atoms with Crippen LogP contribution >= 0.6 is 7.87 Å². The third kappa shape index (κ3) is 10.3. The Morgan fingerprint density at radius 1 is 0.855 bits per heavy atom. The molecule has 2 heterocycles. The van der Waals surface area contributed by atoms with E-state index in [1.807, 2.05) is 111 Å². The summed E-state index contributed by atoms with van der Waals surface area (Å²) in [5, 5.41) is 0. The normalized spacial score (nSPS) is 17.1. The van der Waals surface area contributed by atoms with E-state index in [1.54, 1.807) is 45.4 Å². The van der Waals surface area contributed by atoms with Crippen LogP contribution in [-0.4, -0.2) is 83.0 Å². The standard InChI is InChI=1S/C47H58N3O11P/c1-31(2)50(32(3)4)62(54,27-26-57-40-16-12-13-17-41(40)59-34(6)51)61-42-28-44(49-29-33(5)45(52)48-46(49)53)60-43(42)30-58-47(35-14-10-9-11-15-35,36-18-22-38(55-7)23-19-36)37-20-24-39(56-8)25-21-37/h9-25,29,31-32,42-44,54,62H,26-28,30H2,1-8H3,(H,48,52,53)/t42-,43+,44+/m0/s1. The number of aromatic nitrogens is 2. The Morgan fingerprint density at radius 2 is 1.40 bits per heavy atom. The molecule has 0 spiro atoms. The third-order valence-corrected chi connectivity index (χ3v) is 14.3. The van der Waals surface area contributed by atoms with E-state index >= 15 is 0 Å². The summed E-state index contributed by atoms with van der Waals surface area (Å²) in [6.45, 7) is 10.9. The van der Waals surface area contributed by atoms with Crippen LogP contribution in [0.5, 0.6) is 23.0 Å². The number of para-hydroxylation sites is 2. The number of carbonyl (C=O) groups is 1. The molecule has 15 heteroatoms. The molecule has 0 radical (unpaired) electrons. The fraction of sp³-hybridized carbons (Fsp3) is 0.383. The molecule has 3 atom stereocenters. The van der Waals surface area contributed by atoms with Crippen molar-refractivity contribution in [3.05, 3.63) is 152 Å². The van der Waals surface area contributed by atoms with Crippen molar-refractivity contribution in [1.82, 2.24) is 14.2 Å². The number of aryl methyl sites for hydroxylation is 1. The number of nitrogens with zero attached hydrogens (tertiary/aromatic N) is 2. The number of nitrogens with one attached hydrogen (secondary N) is 1. The molecule has 6 rings (SSSR count). The molecular formula is C47H58N3O11P. The Kier molecular flexibility index (Phi) is 15.1. The van der Waals surface area contributed by atoms with E-state index < -0.39 is 49.1 Å². The average molecular weight is 872 g/mol. The van der Waals surface area contributed by atoms with Crippen LogP contribution in [0.1, 0.15) is 69.5 Å². The summed E-state index contributed by atoms with van der Waals surface area (Å²) in [5.41, 5.74) is 0.419. The number of hydrogen-bond donors (Lipinski definition) is 2.